The molecular formula is C15H17NO3. The van der Waals surface area contributed by atoms with Crippen molar-refractivity contribution in [3.05, 3.63) is 34.8 Å². The Morgan fingerprint density at radius 2 is 1.63 bits per heavy atom. The van der Waals surface area contributed by atoms with Crippen molar-refractivity contribution in [2.45, 2.75) is 26.8 Å². The Morgan fingerprint density at radius 1 is 1.05 bits per heavy atom. The molecule has 3 aromatic rings. The van der Waals surface area contributed by atoms with Gasteiger partial charge in [-0.3, -0.25) is 0 Å². The highest BCUT2D eigenvalue weighted by Gasteiger charge is 2.22. The number of aliphatic hydroxyl groups is 1. The molecule has 4 heteroatoms. The monoisotopic (exact) mass is 259 g/mol. The maximum Gasteiger partial charge on any atom is 0.140 e. The van der Waals surface area contributed by atoms with Gasteiger partial charge in [-0.1, -0.05) is 0 Å². The van der Waals surface area contributed by atoms with Crippen LogP contribution < -0.4 is 5.73 Å². The summed E-state index contributed by atoms with van der Waals surface area (Å²) in [6.07, 6.45) is 0. The fourth-order valence-electron chi connectivity index (χ4n) is 2.69. The van der Waals surface area contributed by atoms with E-state index < -0.39 is 6.04 Å². The summed E-state index contributed by atoms with van der Waals surface area (Å²) in [5.41, 5.74) is 9.49. The molecule has 1 atom stereocenters. The lowest BCUT2D eigenvalue weighted by Gasteiger charge is -2.11. The van der Waals surface area contributed by atoms with Gasteiger partial charge in [-0.25, -0.2) is 0 Å². The molecule has 0 saturated heterocycles. The van der Waals surface area contributed by atoms with Crippen molar-refractivity contribution in [3.63, 3.8) is 0 Å². The predicted octanol–water partition coefficient (Wildman–Crippen LogP) is 3.10. The summed E-state index contributed by atoms with van der Waals surface area (Å²) in [6, 6.07) is 3.45. The third-order valence-electron chi connectivity index (χ3n) is 3.56. The van der Waals surface area contributed by atoms with Gasteiger partial charge in [-0.05, 0) is 32.9 Å². The first-order chi connectivity index (χ1) is 9.02. The molecule has 1 aromatic carbocycles. The van der Waals surface area contributed by atoms with E-state index in [0.29, 0.717) is 0 Å². The van der Waals surface area contributed by atoms with E-state index in [2.05, 4.69) is 0 Å². The van der Waals surface area contributed by atoms with Crippen molar-refractivity contribution in [3.8, 4) is 0 Å². The number of aliphatic hydroxyl groups excluding tert-OH is 1. The number of furan rings is 2. The van der Waals surface area contributed by atoms with Gasteiger partial charge in [0, 0.05) is 21.9 Å². The quantitative estimate of drug-likeness (QED) is 0.741. The van der Waals surface area contributed by atoms with Crippen molar-refractivity contribution in [1.29, 1.82) is 0 Å². The van der Waals surface area contributed by atoms with Gasteiger partial charge in [0.15, 0.2) is 0 Å². The molecule has 0 amide bonds. The Labute approximate surface area is 110 Å². The van der Waals surface area contributed by atoms with Crippen molar-refractivity contribution < 1.29 is 13.9 Å². The van der Waals surface area contributed by atoms with Gasteiger partial charge >= 0.3 is 0 Å². The van der Waals surface area contributed by atoms with Crippen LogP contribution in [0, 0.1) is 20.8 Å². The van der Waals surface area contributed by atoms with Crippen LogP contribution in [-0.2, 0) is 0 Å². The topological polar surface area (TPSA) is 72.5 Å². The van der Waals surface area contributed by atoms with Gasteiger partial charge in [0.1, 0.15) is 22.7 Å². The second-order valence-corrected chi connectivity index (χ2v) is 5.03. The third-order valence-corrected chi connectivity index (χ3v) is 3.56. The van der Waals surface area contributed by atoms with Gasteiger partial charge in [-0.2, -0.15) is 0 Å². The summed E-state index contributed by atoms with van der Waals surface area (Å²) in [7, 11) is 0. The minimum atomic E-state index is -0.479. The molecule has 0 spiro atoms. The van der Waals surface area contributed by atoms with Crippen LogP contribution in [0.4, 0.5) is 0 Å². The first-order valence-corrected chi connectivity index (χ1v) is 6.32. The van der Waals surface area contributed by atoms with Crippen molar-refractivity contribution in [1.82, 2.24) is 0 Å². The van der Waals surface area contributed by atoms with E-state index in [1.165, 1.54) is 0 Å². The molecule has 3 rings (SSSR count). The Balaban J connectivity index is 2.54. The Bertz CT molecular complexity index is 709. The lowest BCUT2D eigenvalue weighted by atomic mass is 9.97. The molecule has 0 fully saturated rings. The van der Waals surface area contributed by atoms with E-state index in [1.807, 2.05) is 32.9 Å². The average Bonchev–Trinajstić information content (AvgIpc) is 2.92. The van der Waals surface area contributed by atoms with Crippen LogP contribution in [0.1, 0.15) is 28.7 Å². The summed E-state index contributed by atoms with van der Waals surface area (Å²) in [4.78, 5) is 0. The molecule has 4 nitrogen and oxygen atoms in total. The molecule has 0 radical (unpaired) electrons. The van der Waals surface area contributed by atoms with Crippen LogP contribution in [0.15, 0.2) is 21.0 Å². The van der Waals surface area contributed by atoms with Gasteiger partial charge < -0.3 is 19.7 Å². The molecule has 0 aliphatic rings. The fraction of sp³-hybridized carbons (Fsp3) is 0.333. The first kappa shape index (κ1) is 12.3. The molecule has 0 aliphatic carbocycles. The Kier molecular flexibility index (Phi) is 2.66. The standard InChI is InChI=1S/C15H17NO3/c1-7-4-10-9(3)14-11(5-8(2)18-14)13(12(16)6-17)15(10)19-7/h4-5,12,17H,6,16H2,1-3H3. The molecule has 0 aliphatic heterocycles. The maximum atomic E-state index is 9.39. The molecule has 0 bridgehead atoms. The molecular weight excluding hydrogens is 242 g/mol. The number of rotatable bonds is 2. The third kappa shape index (κ3) is 1.68. The zero-order valence-corrected chi connectivity index (χ0v) is 11.3. The van der Waals surface area contributed by atoms with Crippen LogP contribution in [0.5, 0.6) is 0 Å². The largest absolute Gasteiger partial charge is 0.461 e. The zero-order chi connectivity index (χ0) is 13.7. The molecule has 2 aromatic heterocycles. The number of hydrogen-bond acceptors (Lipinski definition) is 4. The molecule has 1 unspecified atom stereocenters. The van der Waals surface area contributed by atoms with Crippen LogP contribution >= 0.6 is 0 Å². The SMILES string of the molecule is Cc1cc2c(C(N)CO)c3oc(C)cc3c(C)c2o1. The molecule has 19 heavy (non-hydrogen) atoms. The average molecular weight is 259 g/mol. The van der Waals surface area contributed by atoms with Crippen LogP contribution in [0.25, 0.3) is 21.9 Å². The second kappa shape index (κ2) is 4.11. The molecule has 0 saturated carbocycles. The summed E-state index contributed by atoms with van der Waals surface area (Å²) < 4.78 is 11.6. The van der Waals surface area contributed by atoms with E-state index in [9.17, 15) is 5.11 Å². The van der Waals surface area contributed by atoms with Crippen LogP contribution in [0.3, 0.4) is 0 Å². The maximum absolute atomic E-state index is 9.39. The molecule has 3 N–H and O–H groups in total. The number of hydrogen-bond donors (Lipinski definition) is 2. The minimum Gasteiger partial charge on any atom is -0.461 e. The minimum absolute atomic E-state index is 0.128. The van der Waals surface area contributed by atoms with E-state index >= 15 is 0 Å². The fourth-order valence-corrected chi connectivity index (χ4v) is 2.69. The van der Waals surface area contributed by atoms with E-state index in [4.69, 9.17) is 14.6 Å². The summed E-state index contributed by atoms with van der Waals surface area (Å²) >= 11 is 0. The summed E-state index contributed by atoms with van der Waals surface area (Å²) in [5.74, 6) is 1.66. The van der Waals surface area contributed by atoms with Crippen molar-refractivity contribution in [2.24, 2.45) is 5.73 Å². The van der Waals surface area contributed by atoms with Gasteiger partial charge in [-0.15, -0.1) is 0 Å². The number of fused-ring (bicyclic) bond motifs is 2. The first-order valence-electron chi connectivity index (χ1n) is 6.32. The number of aryl methyl sites for hydroxylation is 3. The van der Waals surface area contributed by atoms with E-state index in [-0.39, 0.29) is 6.61 Å². The van der Waals surface area contributed by atoms with Crippen LogP contribution in [0.2, 0.25) is 0 Å². The molecule has 2 heterocycles. The summed E-state index contributed by atoms with van der Waals surface area (Å²) in [5, 5.41) is 11.3. The van der Waals surface area contributed by atoms with E-state index in [1.54, 1.807) is 0 Å². The normalized spacial score (nSPS) is 13.5. The van der Waals surface area contributed by atoms with Gasteiger partial charge in [0.2, 0.25) is 0 Å². The zero-order valence-electron chi connectivity index (χ0n) is 11.3. The predicted molar refractivity (Wildman–Crippen MR) is 74.2 cm³/mol. The van der Waals surface area contributed by atoms with Crippen molar-refractivity contribution in [2.75, 3.05) is 6.61 Å². The Hall–Kier alpha value is -1.78. The highest BCUT2D eigenvalue weighted by molar-refractivity contribution is 6.02. The van der Waals surface area contributed by atoms with Crippen molar-refractivity contribution >= 4 is 21.9 Å². The lowest BCUT2D eigenvalue weighted by molar-refractivity contribution is 0.268. The lowest BCUT2D eigenvalue weighted by Crippen LogP contribution is -2.15. The highest BCUT2D eigenvalue weighted by Crippen LogP contribution is 2.38. The smallest absolute Gasteiger partial charge is 0.140 e. The van der Waals surface area contributed by atoms with Crippen LogP contribution in [-0.4, -0.2) is 11.7 Å². The number of benzene rings is 1. The van der Waals surface area contributed by atoms with Gasteiger partial charge in [0.05, 0.1) is 12.6 Å². The second-order valence-electron chi connectivity index (χ2n) is 5.03. The molecule has 100 valence electrons. The Morgan fingerprint density at radius 3 is 2.26 bits per heavy atom. The van der Waals surface area contributed by atoms with E-state index in [0.717, 1.165) is 44.6 Å². The highest BCUT2D eigenvalue weighted by atomic mass is 16.3. The van der Waals surface area contributed by atoms with Gasteiger partial charge in [0.25, 0.3) is 0 Å². The number of nitrogens with two attached hydrogens (primary N) is 1. The summed E-state index contributed by atoms with van der Waals surface area (Å²) in [6.45, 7) is 5.69.